The molecular weight excluding hydrogens is 332 g/mol. The topological polar surface area (TPSA) is 79.0 Å². The summed E-state index contributed by atoms with van der Waals surface area (Å²) >= 11 is 1.94. The quantitative estimate of drug-likeness (QED) is 0.649. The van der Waals surface area contributed by atoms with Gasteiger partial charge in [-0.25, -0.2) is 13.4 Å². The van der Waals surface area contributed by atoms with Crippen molar-refractivity contribution < 1.29 is 8.42 Å². The van der Waals surface area contributed by atoms with Crippen molar-refractivity contribution in [2.75, 3.05) is 41.2 Å². The lowest BCUT2D eigenvalue weighted by Gasteiger charge is -2.27. The van der Waals surface area contributed by atoms with Crippen molar-refractivity contribution in [1.29, 1.82) is 0 Å². The van der Waals surface area contributed by atoms with Gasteiger partial charge in [0.2, 0.25) is 10.0 Å². The molecule has 1 aromatic rings. The molecule has 2 heterocycles. The molecule has 2 aliphatic heterocycles. The lowest BCUT2D eigenvalue weighted by atomic mass is 10.2. The van der Waals surface area contributed by atoms with E-state index in [1.807, 2.05) is 36.0 Å². The van der Waals surface area contributed by atoms with Gasteiger partial charge in [0.1, 0.15) is 0 Å². The number of guanidine groups is 1. The molecule has 23 heavy (non-hydrogen) atoms. The third-order valence-corrected chi connectivity index (χ3v) is 6.89. The van der Waals surface area contributed by atoms with Crippen molar-refractivity contribution in [3.05, 3.63) is 29.8 Å². The number of benzene rings is 1. The zero-order valence-corrected chi connectivity index (χ0v) is 14.7. The molecule has 1 aromatic carbocycles. The molecular formula is C15H22N4O2S2. The van der Waals surface area contributed by atoms with Gasteiger partial charge in [0.15, 0.2) is 5.96 Å². The van der Waals surface area contributed by atoms with Crippen LogP contribution in [0.25, 0.3) is 0 Å². The predicted molar refractivity (Wildman–Crippen MR) is 96.4 cm³/mol. The molecule has 0 saturated carbocycles. The Morgan fingerprint density at radius 1 is 1.17 bits per heavy atom. The third-order valence-electron chi connectivity index (χ3n) is 4.08. The fourth-order valence-electron chi connectivity index (χ4n) is 2.76. The van der Waals surface area contributed by atoms with Gasteiger partial charge in [-0.15, -0.1) is 0 Å². The molecule has 0 unspecified atom stereocenters. The van der Waals surface area contributed by atoms with Crippen LogP contribution in [-0.4, -0.2) is 56.2 Å². The summed E-state index contributed by atoms with van der Waals surface area (Å²) < 4.78 is 25.3. The Balaban J connectivity index is 1.63. The fourth-order valence-corrected chi connectivity index (χ4v) is 5.23. The first-order valence-electron chi connectivity index (χ1n) is 7.78. The standard InChI is InChI=1S/C15H22N4O2S2/c16-15(18-7-9-22-10-8-18)17-12-13-2-4-14(5-3-13)19-6-1-11-23(19,20)21/h2-5H,1,6-12H2,(H2,16,17). The molecule has 0 radical (unpaired) electrons. The molecule has 3 rings (SSSR count). The number of aliphatic imine (C=N–C) groups is 1. The van der Waals surface area contributed by atoms with Gasteiger partial charge in [0.05, 0.1) is 18.0 Å². The van der Waals surface area contributed by atoms with Gasteiger partial charge >= 0.3 is 0 Å². The van der Waals surface area contributed by atoms with E-state index in [0.29, 0.717) is 25.5 Å². The van der Waals surface area contributed by atoms with Crippen molar-refractivity contribution in [3.8, 4) is 0 Å². The molecule has 0 amide bonds. The van der Waals surface area contributed by atoms with Gasteiger partial charge in [-0.1, -0.05) is 12.1 Å². The zero-order valence-electron chi connectivity index (χ0n) is 13.0. The number of sulfonamides is 1. The zero-order chi connectivity index (χ0) is 16.3. The van der Waals surface area contributed by atoms with Crippen LogP contribution >= 0.6 is 11.8 Å². The van der Waals surface area contributed by atoms with Crippen LogP contribution in [-0.2, 0) is 16.6 Å². The van der Waals surface area contributed by atoms with Gasteiger partial charge in [-0.2, -0.15) is 11.8 Å². The molecule has 6 nitrogen and oxygen atoms in total. The molecule has 2 N–H and O–H groups in total. The number of hydrogen-bond donors (Lipinski definition) is 1. The maximum atomic E-state index is 11.9. The summed E-state index contributed by atoms with van der Waals surface area (Å²) in [6.07, 6.45) is 0.693. The molecule has 8 heteroatoms. The Kier molecular flexibility index (Phi) is 5.01. The van der Waals surface area contributed by atoms with Crippen molar-refractivity contribution in [2.24, 2.45) is 10.7 Å². The van der Waals surface area contributed by atoms with Crippen molar-refractivity contribution in [3.63, 3.8) is 0 Å². The minimum atomic E-state index is -3.12. The molecule has 0 aromatic heterocycles. The summed E-state index contributed by atoms with van der Waals surface area (Å²) in [7, 11) is -3.12. The summed E-state index contributed by atoms with van der Waals surface area (Å²) in [6.45, 7) is 2.99. The van der Waals surface area contributed by atoms with E-state index in [9.17, 15) is 8.42 Å². The van der Waals surface area contributed by atoms with Gasteiger partial charge < -0.3 is 10.6 Å². The first kappa shape index (κ1) is 16.4. The van der Waals surface area contributed by atoms with E-state index in [1.54, 1.807) is 0 Å². The Morgan fingerprint density at radius 3 is 2.48 bits per heavy atom. The maximum absolute atomic E-state index is 11.9. The number of thioether (sulfide) groups is 1. The summed E-state index contributed by atoms with van der Waals surface area (Å²) in [4.78, 5) is 6.57. The highest BCUT2D eigenvalue weighted by Gasteiger charge is 2.28. The monoisotopic (exact) mass is 354 g/mol. The van der Waals surface area contributed by atoms with Crippen LogP contribution in [0, 0.1) is 0 Å². The normalized spacial score (nSPS) is 21.7. The SMILES string of the molecule is NC(=NCc1ccc(N2CCCS2(=O)=O)cc1)N1CCSCC1. The van der Waals surface area contributed by atoms with Crippen LogP contribution in [0.1, 0.15) is 12.0 Å². The fraction of sp³-hybridized carbons (Fsp3) is 0.533. The highest BCUT2D eigenvalue weighted by molar-refractivity contribution is 7.99. The predicted octanol–water partition coefficient (Wildman–Crippen LogP) is 1.09. The number of nitrogens with zero attached hydrogens (tertiary/aromatic N) is 3. The van der Waals surface area contributed by atoms with Crippen molar-refractivity contribution in [1.82, 2.24) is 4.90 Å². The highest BCUT2D eigenvalue weighted by Crippen LogP contribution is 2.24. The Bertz CT molecular complexity index is 667. The number of rotatable bonds is 3. The second kappa shape index (κ2) is 7.00. The van der Waals surface area contributed by atoms with Crippen LogP contribution in [0.3, 0.4) is 0 Å². The van der Waals surface area contributed by atoms with E-state index in [4.69, 9.17) is 5.73 Å². The average Bonchev–Trinajstić information content (AvgIpc) is 2.93. The van der Waals surface area contributed by atoms with Crippen molar-refractivity contribution in [2.45, 2.75) is 13.0 Å². The number of nitrogens with two attached hydrogens (primary N) is 1. The maximum Gasteiger partial charge on any atom is 0.235 e. The smallest absolute Gasteiger partial charge is 0.235 e. The summed E-state index contributed by atoms with van der Waals surface area (Å²) in [5.74, 6) is 3.02. The molecule has 2 saturated heterocycles. The summed E-state index contributed by atoms with van der Waals surface area (Å²) in [5.41, 5.74) is 7.80. The van der Waals surface area contributed by atoms with Crippen LogP contribution < -0.4 is 10.0 Å². The highest BCUT2D eigenvalue weighted by atomic mass is 32.2. The Hall–Kier alpha value is -1.41. The van der Waals surface area contributed by atoms with E-state index in [-0.39, 0.29) is 5.75 Å². The van der Waals surface area contributed by atoms with Crippen LogP contribution in [0.5, 0.6) is 0 Å². The van der Waals surface area contributed by atoms with E-state index in [2.05, 4.69) is 9.89 Å². The van der Waals surface area contributed by atoms with Crippen molar-refractivity contribution >= 4 is 33.4 Å². The van der Waals surface area contributed by atoms with Gasteiger partial charge in [0, 0.05) is 31.1 Å². The number of hydrogen-bond acceptors (Lipinski definition) is 4. The van der Waals surface area contributed by atoms with Gasteiger partial charge in [0.25, 0.3) is 0 Å². The lowest BCUT2D eigenvalue weighted by Crippen LogP contribution is -2.42. The molecule has 126 valence electrons. The van der Waals surface area contributed by atoms with E-state index in [1.165, 1.54) is 4.31 Å². The second-order valence-corrected chi connectivity index (χ2v) is 8.92. The first-order valence-corrected chi connectivity index (χ1v) is 10.5. The van der Waals surface area contributed by atoms with E-state index >= 15 is 0 Å². The molecule has 0 spiro atoms. The van der Waals surface area contributed by atoms with E-state index in [0.717, 1.165) is 35.8 Å². The molecule has 0 atom stereocenters. The Labute approximate surface area is 141 Å². The van der Waals surface area contributed by atoms with Crippen LogP contribution in [0.4, 0.5) is 5.69 Å². The number of anilines is 1. The van der Waals surface area contributed by atoms with Crippen LogP contribution in [0.15, 0.2) is 29.3 Å². The largest absolute Gasteiger partial charge is 0.370 e. The first-order chi connectivity index (χ1) is 11.1. The molecule has 0 bridgehead atoms. The lowest BCUT2D eigenvalue weighted by molar-refractivity contribution is 0.455. The van der Waals surface area contributed by atoms with Gasteiger partial charge in [-0.3, -0.25) is 4.31 Å². The molecule has 2 fully saturated rings. The van der Waals surface area contributed by atoms with Crippen LogP contribution in [0.2, 0.25) is 0 Å². The third kappa shape index (κ3) is 3.92. The average molecular weight is 355 g/mol. The van der Waals surface area contributed by atoms with Gasteiger partial charge in [-0.05, 0) is 24.1 Å². The molecule has 2 aliphatic rings. The molecule has 0 aliphatic carbocycles. The van der Waals surface area contributed by atoms with E-state index < -0.39 is 10.0 Å². The minimum absolute atomic E-state index is 0.240. The summed E-state index contributed by atoms with van der Waals surface area (Å²) in [6, 6.07) is 7.54. The summed E-state index contributed by atoms with van der Waals surface area (Å²) in [5, 5.41) is 0. The Morgan fingerprint density at radius 2 is 1.87 bits per heavy atom. The minimum Gasteiger partial charge on any atom is -0.370 e. The second-order valence-electron chi connectivity index (χ2n) is 5.68.